The molecule has 1 atom stereocenters. The number of fused-ring (bicyclic) bond motifs is 1. The van der Waals surface area contributed by atoms with Gasteiger partial charge in [-0.2, -0.15) is 0 Å². The smallest absolute Gasteiger partial charge is 0.224 e. The summed E-state index contributed by atoms with van der Waals surface area (Å²) >= 11 is 0. The van der Waals surface area contributed by atoms with Crippen molar-refractivity contribution in [2.24, 2.45) is 0 Å². The second kappa shape index (κ2) is 12.5. The number of aliphatic hydroxyl groups is 1. The zero-order valence-electron chi connectivity index (χ0n) is 18.0. The predicted molar refractivity (Wildman–Crippen MR) is 119 cm³/mol. The van der Waals surface area contributed by atoms with E-state index in [1.807, 2.05) is 6.07 Å². The van der Waals surface area contributed by atoms with Crippen molar-refractivity contribution in [1.82, 2.24) is 10.2 Å². The number of hydrogen-bond acceptors (Lipinski definition) is 7. The van der Waals surface area contributed by atoms with Crippen LogP contribution in [0.2, 0.25) is 0 Å². The summed E-state index contributed by atoms with van der Waals surface area (Å²) in [6.07, 6.45) is 7.14. The van der Waals surface area contributed by atoms with Gasteiger partial charge in [0.05, 0.1) is 25.5 Å². The van der Waals surface area contributed by atoms with Gasteiger partial charge in [0.2, 0.25) is 5.91 Å². The number of carbonyl (C=O) groups excluding carboxylic acids is 1. The monoisotopic (exact) mass is 431 g/mol. The lowest BCUT2D eigenvalue weighted by molar-refractivity contribution is -0.116. The van der Waals surface area contributed by atoms with Crippen LogP contribution in [0.3, 0.4) is 0 Å². The predicted octanol–water partition coefficient (Wildman–Crippen LogP) is 1.03. The van der Waals surface area contributed by atoms with Gasteiger partial charge in [-0.05, 0) is 38.1 Å². The van der Waals surface area contributed by atoms with Gasteiger partial charge in [0, 0.05) is 38.0 Å². The summed E-state index contributed by atoms with van der Waals surface area (Å²) in [6.45, 7) is 6.53. The third-order valence-corrected chi connectivity index (χ3v) is 5.34. The highest BCUT2D eigenvalue weighted by Crippen LogP contribution is 2.39. The number of hydrogen-bond donors (Lipinski definition) is 3. The van der Waals surface area contributed by atoms with Crippen LogP contribution in [0.15, 0.2) is 12.1 Å². The second-order valence-corrected chi connectivity index (χ2v) is 7.74. The first-order valence-corrected chi connectivity index (χ1v) is 11.0. The quantitative estimate of drug-likeness (QED) is 0.336. The summed E-state index contributed by atoms with van der Waals surface area (Å²) in [5.41, 5.74) is 1.53. The number of carbonyl (C=O) groups is 1. The molecule has 0 aliphatic carbocycles. The van der Waals surface area contributed by atoms with Crippen LogP contribution >= 0.6 is 0 Å². The number of morpholine rings is 1. The molecule has 170 valence electrons. The molecule has 2 heterocycles. The van der Waals surface area contributed by atoms with Crippen LogP contribution < -0.4 is 20.1 Å². The number of rotatable bonds is 12. The van der Waals surface area contributed by atoms with Crippen LogP contribution in [0.5, 0.6) is 11.5 Å². The summed E-state index contributed by atoms with van der Waals surface area (Å²) in [5.74, 6) is 3.73. The van der Waals surface area contributed by atoms with Gasteiger partial charge in [0.1, 0.15) is 24.2 Å². The fraction of sp³-hybridized carbons (Fsp3) is 0.609. The topological polar surface area (TPSA) is 92.3 Å². The number of benzene rings is 1. The first kappa shape index (κ1) is 23.4. The molecule has 1 saturated heterocycles. The minimum Gasteiger partial charge on any atom is -0.490 e. The molecule has 2 aliphatic heterocycles. The Bertz CT molecular complexity index is 758. The van der Waals surface area contributed by atoms with Crippen molar-refractivity contribution in [1.29, 1.82) is 0 Å². The second-order valence-electron chi connectivity index (χ2n) is 7.74. The molecule has 1 unspecified atom stereocenters. The Kier molecular flexibility index (Phi) is 9.43. The van der Waals surface area contributed by atoms with Crippen molar-refractivity contribution in [3.05, 3.63) is 17.7 Å². The molecule has 8 nitrogen and oxygen atoms in total. The Labute approximate surface area is 184 Å². The highest BCUT2D eigenvalue weighted by molar-refractivity contribution is 5.96. The number of anilines is 1. The molecular formula is C23H33N3O5. The van der Waals surface area contributed by atoms with Crippen LogP contribution in [0, 0.1) is 12.3 Å². The van der Waals surface area contributed by atoms with Gasteiger partial charge < -0.3 is 30.0 Å². The van der Waals surface area contributed by atoms with Crippen molar-refractivity contribution in [2.75, 3.05) is 64.5 Å². The van der Waals surface area contributed by atoms with E-state index in [4.69, 9.17) is 20.6 Å². The Morgan fingerprint density at radius 1 is 1.26 bits per heavy atom. The Morgan fingerprint density at radius 3 is 2.87 bits per heavy atom. The average Bonchev–Trinajstić information content (AvgIpc) is 2.79. The van der Waals surface area contributed by atoms with E-state index in [-0.39, 0.29) is 12.5 Å². The van der Waals surface area contributed by atoms with Gasteiger partial charge in [0.15, 0.2) is 0 Å². The van der Waals surface area contributed by atoms with Gasteiger partial charge in [-0.1, -0.05) is 0 Å². The van der Waals surface area contributed by atoms with E-state index in [0.717, 1.165) is 51.4 Å². The maximum atomic E-state index is 11.9. The minimum atomic E-state index is -0.622. The van der Waals surface area contributed by atoms with Gasteiger partial charge in [-0.15, -0.1) is 12.3 Å². The first-order valence-electron chi connectivity index (χ1n) is 11.0. The molecule has 1 fully saturated rings. The molecule has 3 N–H and O–H groups in total. The number of aliphatic hydroxyl groups excluding tert-OH is 1. The van der Waals surface area contributed by atoms with E-state index >= 15 is 0 Å². The Balaban J connectivity index is 1.43. The standard InChI is InChI=1S/C23H33N3O5/c1-2-3-13-30-21-7-6-20(19-5-8-22(28)25-23(19)21)31-17-18(27)16-24-9-4-10-26-11-14-29-15-12-26/h1,6-7,18,24,27H,3-5,8-17H2,(H,25,28). The zero-order valence-corrected chi connectivity index (χ0v) is 18.0. The number of ether oxygens (including phenoxy) is 3. The summed E-state index contributed by atoms with van der Waals surface area (Å²) < 4.78 is 16.9. The molecule has 31 heavy (non-hydrogen) atoms. The summed E-state index contributed by atoms with van der Waals surface area (Å²) in [4.78, 5) is 14.3. The molecule has 0 bridgehead atoms. The average molecular weight is 432 g/mol. The summed E-state index contributed by atoms with van der Waals surface area (Å²) in [5, 5.41) is 16.4. The molecule has 2 aliphatic rings. The molecule has 0 spiro atoms. The van der Waals surface area contributed by atoms with Crippen LogP contribution in [0.1, 0.15) is 24.8 Å². The molecular weight excluding hydrogens is 398 g/mol. The van der Waals surface area contributed by atoms with E-state index in [9.17, 15) is 9.90 Å². The van der Waals surface area contributed by atoms with Gasteiger partial charge in [-0.3, -0.25) is 9.69 Å². The van der Waals surface area contributed by atoms with Gasteiger partial charge in [-0.25, -0.2) is 0 Å². The van der Waals surface area contributed by atoms with E-state index in [2.05, 4.69) is 21.5 Å². The largest absolute Gasteiger partial charge is 0.490 e. The number of terminal acetylenes is 1. The van der Waals surface area contributed by atoms with Crippen molar-refractivity contribution >= 4 is 11.6 Å². The highest BCUT2D eigenvalue weighted by Gasteiger charge is 2.23. The number of nitrogens with one attached hydrogen (secondary N) is 2. The summed E-state index contributed by atoms with van der Waals surface area (Å²) in [7, 11) is 0. The lowest BCUT2D eigenvalue weighted by atomic mass is 10.0. The van der Waals surface area contributed by atoms with Crippen LogP contribution in [0.25, 0.3) is 0 Å². The lowest BCUT2D eigenvalue weighted by Gasteiger charge is -2.26. The maximum absolute atomic E-state index is 11.9. The van der Waals surface area contributed by atoms with Crippen LogP contribution in [0.4, 0.5) is 5.69 Å². The molecule has 8 heteroatoms. The molecule has 1 amide bonds. The molecule has 3 rings (SSSR count). The normalized spacial score (nSPS) is 17.4. The van der Waals surface area contributed by atoms with Crippen LogP contribution in [-0.4, -0.2) is 81.2 Å². The van der Waals surface area contributed by atoms with E-state index in [1.54, 1.807) is 6.07 Å². The zero-order chi connectivity index (χ0) is 21.9. The summed E-state index contributed by atoms with van der Waals surface area (Å²) in [6, 6.07) is 3.59. The maximum Gasteiger partial charge on any atom is 0.224 e. The van der Waals surface area contributed by atoms with Crippen LogP contribution in [-0.2, 0) is 16.0 Å². The Morgan fingerprint density at radius 2 is 2.06 bits per heavy atom. The molecule has 1 aromatic rings. The fourth-order valence-electron chi connectivity index (χ4n) is 3.67. The molecule has 0 aromatic heterocycles. The highest BCUT2D eigenvalue weighted by atomic mass is 16.5. The number of nitrogens with zero attached hydrogens (tertiary/aromatic N) is 1. The van der Waals surface area contributed by atoms with Crippen molar-refractivity contribution in [2.45, 2.75) is 31.8 Å². The number of amides is 1. The van der Waals surface area contributed by atoms with E-state index in [0.29, 0.717) is 49.6 Å². The first-order chi connectivity index (χ1) is 15.2. The fourth-order valence-corrected chi connectivity index (χ4v) is 3.67. The van der Waals surface area contributed by atoms with Crippen molar-refractivity contribution < 1.29 is 24.1 Å². The molecule has 1 aromatic carbocycles. The van der Waals surface area contributed by atoms with Gasteiger partial charge in [0.25, 0.3) is 0 Å². The lowest BCUT2D eigenvalue weighted by Crippen LogP contribution is -2.38. The molecule has 0 saturated carbocycles. The van der Waals surface area contributed by atoms with Crippen molar-refractivity contribution in [3.8, 4) is 23.8 Å². The van der Waals surface area contributed by atoms with E-state index < -0.39 is 6.10 Å². The van der Waals surface area contributed by atoms with Crippen molar-refractivity contribution in [3.63, 3.8) is 0 Å². The third-order valence-electron chi connectivity index (χ3n) is 5.34. The van der Waals surface area contributed by atoms with E-state index in [1.165, 1.54) is 0 Å². The Hall–Kier alpha value is -2.31. The molecule has 0 radical (unpaired) electrons. The third kappa shape index (κ3) is 7.40. The van der Waals surface area contributed by atoms with Gasteiger partial charge >= 0.3 is 0 Å². The minimum absolute atomic E-state index is 0.0484. The SMILES string of the molecule is C#CCCOc1ccc(OCC(O)CNCCCN2CCOCC2)c2c1NC(=O)CC2.